The molecule has 5 heteroatoms. The molecule has 1 aromatic carbocycles. The van der Waals surface area contributed by atoms with Crippen LogP contribution in [-0.2, 0) is 8.85 Å². The molecule has 0 atom stereocenters. The monoisotopic (exact) mass is 266 g/mol. The van der Waals surface area contributed by atoms with Crippen molar-refractivity contribution in [1.82, 2.24) is 4.90 Å². The van der Waals surface area contributed by atoms with Crippen molar-refractivity contribution >= 4 is 15.2 Å². The minimum Gasteiger partial charge on any atom is -0.393 e. The maximum absolute atomic E-state index is 12.1. The molecule has 0 spiro atoms. The topological polar surface area (TPSA) is 38.8 Å². The van der Waals surface area contributed by atoms with Gasteiger partial charge in [-0.15, -0.1) is 0 Å². The van der Waals surface area contributed by atoms with Crippen LogP contribution in [0.15, 0.2) is 30.3 Å². The number of carbonyl (C=O) groups excluding carboxylic acids is 1. The van der Waals surface area contributed by atoms with Crippen molar-refractivity contribution in [3.63, 3.8) is 0 Å². The first-order valence-electron chi connectivity index (χ1n) is 6.11. The predicted molar refractivity (Wildman–Crippen MR) is 72.4 cm³/mol. The molecule has 1 aromatic rings. The van der Waals surface area contributed by atoms with E-state index < -0.39 is 9.28 Å². The minimum absolute atomic E-state index is 0.00231. The van der Waals surface area contributed by atoms with Crippen molar-refractivity contribution in [3.8, 4) is 0 Å². The van der Waals surface area contributed by atoms with Gasteiger partial charge in [0.25, 0.3) is 5.91 Å². The summed E-state index contributed by atoms with van der Waals surface area (Å²) >= 11 is 0. The molecule has 0 heterocycles. The third-order valence-corrected chi connectivity index (χ3v) is 4.30. The molecule has 0 aromatic heterocycles. The Balaban J connectivity index is 2.58. The second-order valence-electron chi connectivity index (χ2n) is 3.77. The highest BCUT2D eigenvalue weighted by molar-refractivity contribution is 6.45. The summed E-state index contributed by atoms with van der Waals surface area (Å²) in [4.78, 5) is 13.8. The van der Waals surface area contributed by atoms with Gasteiger partial charge in [-0.1, -0.05) is 18.2 Å². The zero-order valence-electron chi connectivity index (χ0n) is 11.2. The molecule has 1 rings (SSSR count). The first kappa shape index (κ1) is 14.9. The number of hydrogen-bond donors (Lipinski definition) is 0. The van der Waals surface area contributed by atoms with Crippen molar-refractivity contribution in [1.29, 1.82) is 0 Å². The maximum Gasteiger partial charge on any atom is 0.406 e. The number of hydrogen-bond acceptors (Lipinski definition) is 3. The van der Waals surface area contributed by atoms with Crippen LogP contribution in [0.3, 0.4) is 0 Å². The fraction of sp³-hybridized carbons (Fsp3) is 0.462. The Morgan fingerprint density at radius 2 is 1.72 bits per heavy atom. The quantitative estimate of drug-likeness (QED) is 0.707. The maximum atomic E-state index is 12.1. The van der Waals surface area contributed by atoms with E-state index in [0.29, 0.717) is 24.9 Å². The van der Waals surface area contributed by atoms with E-state index in [1.54, 1.807) is 11.9 Å². The van der Waals surface area contributed by atoms with Crippen molar-refractivity contribution in [2.24, 2.45) is 0 Å². The van der Waals surface area contributed by atoms with Crippen molar-refractivity contribution in [2.75, 3.05) is 26.4 Å². The van der Waals surface area contributed by atoms with Gasteiger partial charge in [-0.2, -0.15) is 0 Å². The number of carbonyl (C=O) groups is 1. The molecule has 0 fully saturated rings. The summed E-state index contributed by atoms with van der Waals surface area (Å²) < 4.78 is 11.0. The third-order valence-electron chi connectivity index (χ3n) is 2.34. The van der Waals surface area contributed by atoms with E-state index in [-0.39, 0.29) is 5.91 Å². The summed E-state index contributed by atoms with van der Waals surface area (Å²) in [5.41, 5.74) is 0.689. The third kappa shape index (κ3) is 4.60. The molecule has 0 N–H and O–H groups in total. The van der Waals surface area contributed by atoms with Gasteiger partial charge in [-0.05, 0) is 26.0 Å². The SMILES string of the molecule is CCO[Si](CN(C)C(=O)c1ccccc1)OCC. The molecule has 0 unspecified atom stereocenters. The van der Waals surface area contributed by atoms with Gasteiger partial charge in [0.1, 0.15) is 0 Å². The van der Waals surface area contributed by atoms with Crippen LogP contribution in [0.4, 0.5) is 0 Å². The first-order chi connectivity index (χ1) is 8.69. The first-order valence-corrected chi connectivity index (χ1v) is 7.63. The lowest BCUT2D eigenvalue weighted by molar-refractivity contribution is 0.0796. The highest BCUT2D eigenvalue weighted by atomic mass is 28.3. The highest BCUT2D eigenvalue weighted by Gasteiger charge is 2.21. The summed E-state index contributed by atoms with van der Waals surface area (Å²) in [6.45, 7) is 5.09. The van der Waals surface area contributed by atoms with E-state index in [0.717, 1.165) is 0 Å². The van der Waals surface area contributed by atoms with Gasteiger partial charge in [0.05, 0.1) is 6.17 Å². The zero-order chi connectivity index (χ0) is 13.4. The van der Waals surface area contributed by atoms with Crippen molar-refractivity contribution in [3.05, 3.63) is 35.9 Å². The van der Waals surface area contributed by atoms with Gasteiger partial charge in [0.15, 0.2) is 0 Å². The molecular weight excluding hydrogens is 246 g/mol. The van der Waals surface area contributed by atoms with E-state index in [1.807, 2.05) is 44.2 Å². The zero-order valence-corrected chi connectivity index (χ0v) is 12.2. The molecule has 0 saturated carbocycles. The lowest BCUT2D eigenvalue weighted by Crippen LogP contribution is -2.40. The number of rotatable bonds is 7. The van der Waals surface area contributed by atoms with Crippen LogP contribution >= 0.6 is 0 Å². The van der Waals surface area contributed by atoms with E-state index in [2.05, 4.69) is 0 Å². The average Bonchev–Trinajstić information content (AvgIpc) is 2.39. The van der Waals surface area contributed by atoms with Gasteiger partial charge >= 0.3 is 9.28 Å². The summed E-state index contributed by atoms with van der Waals surface area (Å²) in [5, 5.41) is 0. The molecule has 0 bridgehead atoms. The van der Waals surface area contributed by atoms with Crippen molar-refractivity contribution in [2.45, 2.75) is 13.8 Å². The molecule has 18 heavy (non-hydrogen) atoms. The molecule has 0 saturated heterocycles. The number of nitrogens with zero attached hydrogens (tertiary/aromatic N) is 1. The summed E-state index contributed by atoms with van der Waals surface area (Å²) in [6.07, 6.45) is 0.528. The second kappa shape index (κ2) is 8.02. The Morgan fingerprint density at radius 1 is 1.17 bits per heavy atom. The van der Waals surface area contributed by atoms with Gasteiger partial charge in [-0.3, -0.25) is 4.79 Å². The Bertz CT molecular complexity index is 353. The molecule has 0 aliphatic rings. The van der Waals surface area contributed by atoms with Gasteiger partial charge in [0, 0.05) is 25.8 Å². The normalized spacial score (nSPS) is 10.7. The lowest BCUT2D eigenvalue weighted by atomic mass is 10.2. The van der Waals surface area contributed by atoms with Crippen LogP contribution in [0.2, 0.25) is 0 Å². The Hall–Kier alpha value is -1.17. The highest BCUT2D eigenvalue weighted by Crippen LogP contribution is 2.04. The summed E-state index contributed by atoms with van der Waals surface area (Å²) in [7, 11) is 0.384. The average molecular weight is 266 g/mol. The molecule has 0 aliphatic heterocycles. The van der Waals surface area contributed by atoms with Gasteiger partial charge in [0.2, 0.25) is 0 Å². The van der Waals surface area contributed by atoms with Crippen molar-refractivity contribution < 1.29 is 13.6 Å². The summed E-state index contributed by atoms with van der Waals surface area (Å²) in [5.74, 6) is -0.00231. The predicted octanol–water partition coefficient (Wildman–Crippen LogP) is 1.86. The van der Waals surface area contributed by atoms with Crippen LogP contribution in [0, 0.1) is 0 Å². The van der Waals surface area contributed by atoms with E-state index in [4.69, 9.17) is 8.85 Å². The lowest BCUT2D eigenvalue weighted by Gasteiger charge is -2.21. The number of amides is 1. The molecule has 0 aliphatic carbocycles. The smallest absolute Gasteiger partial charge is 0.393 e. The molecular formula is C13H20NO3Si. The Kier molecular flexibility index (Phi) is 6.63. The molecule has 1 radical (unpaired) electrons. The Labute approximate surface area is 110 Å². The van der Waals surface area contributed by atoms with Crippen LogP contribution in [0.25, 0.3) is 0 Å². The minimum atomic E-state index is -1.39. The summed E-state index contributed by atoms with van der Waals surface area (Å²) in [6, 6.07) is 9.24. The molecule has 1 amide bonds. The fourth-order valence-corrected chi connectivity index (χ4v) is 2.96. The van der Waals surface area contributed by atoms with E-state index in [1.165, 1.54) is 0 Å². The van der Waals surface area contributed by atoms with Gasteiger partial charge in [-0.25, -0.2) is 0 Å². The van der Waals surface area contributed by atoms with E-state index in [9.17, 15) is 4.79 Å². The molecule has 99 valence electrons. The van der Waals surface area contributed by atoms with Crippen LogP contribution < -0.4 is 0 Å². The number of benzene rings is 1. The van der Waals surface area contributed by atoms with Crippen LogP contribution in [0.5, 0.6) is 0 Å². The van der Waals surface area contributed by atoms with E-state index >= 15 is 0 Å². The fourth-order valence-electron chi connectivity index (χ4n) is 1.52. The van der Waals surface area contributed by atoms with Crippen LogP contribution in [0.1, 0.15) is 24.2 Å². The standard InChI is InChI=1S/C13H20NO3Si/c1-4-16-18(17-5-2)11-14(3)13(15)12-9-7-6-8-10-12/h6-10H,4-5,11H2,1-3H3. The molecule has 4 nitrogen and oxygen atoms in total. The van der Waals surface area contributed by atoms with Crippen LogP contribution in [-0.4, -0.2) is 46.5 Å². The largest absolute Gasteiger partial charge is 0.406 e. The second-order valence-corrected chi connectivity index (χ2v) is 5.40. The Morgan fingerprint density at radius 3 is 2.22 bits per heavy atom. The van der Waals surface area contributed by atoms with Gasteiger partial charge < -0.3 is 13.8 Å².